The summed E-state index contributed by atoms with van der Waals surface area (Å²) in [4.78, 5) is 0. The zero-order chi connectivity index (χ0) is 17.1. The Morgan fingerprint density at radius 3 is 2.65 bits per heavy atom. The first-order chi connectivity index (χ1) is 12.8. The molecule has 134 valence electrons. The van der Waals surface area contributed by atoms with E-state index in [-0.39, 0.29) is 0 Å². The lowest BCUT2D eigenvalue weighted by Crippen LogP contribution is -2.32. The largest absolute Gasteiger partial charge is 0.0851 e. The zero-order valence-electron chi connectivity index (χ0n) is 15.8. The van der Waals surface area contributed by atoms with Gasteiger partial charge in [-0.1, -0.05) is 61.7 Å². The highest BCUT2D eigenvalue weighted by atomic mass is 14.5. The summed E-state index contributed by atoms with van der Waals surface area (Å²) in [6.45, 7) is 0. The second-order valence-corrected chi connectivity index (χ2v) is 9.75. The molecule has 3 atom stereocenters. The van der Waals surface area contributed by atoms with Crippen molar-refractivity contribution in [3.8, 4) is 0 Å². The van der Waals surface area contributed by atoms with E-state index in [2.05, 4.69) is 42.5 Å². The summed E-state index contributed by atoms with van der Waals surface area (Å²) in [6.07, 6.45) is 19.1. The maximum absolute atomic E-state index is 2.63. The van der Waals surface area contributed by atoms with Gasteiger partial charge in [0.05, 0.1) is 0 Å². The van der Waals surface area contributed by atoms with Crippen molar-refractivity contribution in [3.05, 3.63) is 59.2 Å². The zero-order valence-corrected chi connectivity index (χ0v) is 15.8. The Hall–Kier alpha value is -1.56. The van der Waals surface area contributed by atoms with Gasteiger partial charge in [0.15, 0.2) is 0 Å². The molecule has 2 bridgehead atoms. The summed E-state index contributed by atoms with van der Waals surface area (Å²) in [5, 5.41) is 3.07. The highest BCUT2D eigenvalue weighted by molar-refractivity contribution is 5.88. The molecule has 3 unspecified atom stereocenters. The lowest BCUT2D eigenvalue weighted by molar-refractivity contribution is 0.195. The SMILES string of the molecule is C1=CC2CC1CC21CCc2cc3cccc(C4CCCCC4)c3cc2C1. The van der Waals surface area contributed by atoms with Crippen LogP contribution in [0.2, 0.25) is 0 Å². The van der Waals surface area contributed by atoms with Gasteiger partial charge in [-0.3, -0.25) is 0 Å². The highest BCUT2D eigenvalue weighted by Gasteiger charge is 2.49. The van der Waals surface area contributed by atoms with Crippen LogP contribution >= 0.6 is 0 Å². The van der Waals surface area contributed by atoms with Crippen molar-refractivity contribution in [1.82, 2.24) is 0 Å². The predicted molar refractivity (Wildman–Crippen MR) is 110 cm³/mol. The first-order valence-corrected chi connectivity index (χ1v) is 11.0. The minimum atomic E-state index is 0.597. The molecule has 0 heteroatoms. The Labute approximate surface area is 157 Å². The molecule has 0 radical (unpaired) electrons. The standard InChI is InChI=1S/C26H30/c1-2-5-19(6-3-1)24-8-4-7-21-14-20-11-12-26(17-22(20)15-25(21)24)16-18-9-10-23(26)13-18/h4,7-10,14-15,18-19,23H,1-3,5-6,11-13,16-17H2. The molecule has 0 nitrogen and oxygen atoms in total. The van der Waals surface area contributed by atoms with E-state index in [1.54, 1.807) is 22.1 Å². The van der Waals surface area contributed by atoms with E-state index in [1.165, 1.54) is 69.6 Å². The second-order valence-electron chi connectivity index (χ2n) is 9.75. The van der Waals surface area contributed by atoms with E-state index >= 15 is 0 Å². The lowest BCUT2D eigenvalue weighted by Gasteiger charge is -2.40. The monoisotopic (exact) mass is 342 g/mol. The van der Waals surface area contributed by atoms with Crippen LogP contribution in [0.1, 0.15) is 74.0 Å². The van der Waals surface area contributed by atoms with Crippen LogP contribution < -0.4 is 0 Å². The third-order valence-corrected chi connectivity index (χ3v) is 8.34. The number of hydrogen-bond acceptors (Lipinski definition) is 0. The number of rotatable bonds is 1. The minimum Gasteiger partial charge on any atom is -0.0851 e. The molecule has 0 saturated heterocycles. The molecule has 2 aromatic carbocycles. The predicted octanol–water partition coefficient (Wildman–Crippen LogP) is 6.96. The van der Waals surface area contributed by atoms with Gasteiger partial charge in [0.2, 0.25) is 0 Å². The Bertz CT molecular complexity index is 882. The number of allylic oxidation sites excluding steroid dienone is 2. The lowest BCUT2D eigenvalue weighted by atomic mass is 9.64. The van der Waals surface area contributed by atoms with Crippen LogP contribution in [0.5, 0.6) is 0 Å². The van der Waals surface area contributed by atoms with E-state index in [0.29, 0.717) is 5.41 Å². The highest BCUT2D eigenvalue weighted by Crippen LogP contribution is 2.58. The number of fused-ring (bicyclic) bond motifs is 5. The summed E-state index contributed by atoms with van der Waals surface area (Å²) >= 11 is 0. The van der Waals surface area contributed by atoms with Gasteiger partial charge in [-0.05, 0) is 95.6 Å². The Balaban J connectivity index is 1.43. The van der Waals surface area contributed by atoms with Crippen LogP contribution in [-0.2, 0) is 12.8 Å². The summed E-state index contributed by atoms with van der Waals surface area (Å²) in [6, 6.07) is 12.3. The van der Waals surface area contributed by atoms with Crippen LogP contribution in [0.25, 0.3) is 10.8 Å². The fourth-order valence-electron chi connectivity index (χ4n) is 7.00. The molecule has 0 aromatic heterocycles. The van der Waals surface area contributed by atoms with Crippen molar-refractivity contribution < 1.29 is 0 Å². The topological polar surface area (TPSA) is 0 Å². The van der Waals surface area contributed by atoms with E-state index in [0.717, 1.165) is 17.8 Å². The quantitative estimate of drug-likeness (QED) is 0.491. The Kier molecular flexibility index (Phi) is 3.41. The van der Waals surface area contributed by atoms with Crippen molar-refractivity contribution in [1.29, 1.82) is 0 Å². The molecule has 6 rings (SSSR count). The molecule has 0 heterocycles. The maximum Gasteiger partial charge on any atom is -0.0146 e. The van der Waals surface area contributed by atoms with Crippen LogP contribution in [0.3, 0.4) is 0 Å². The first-order valence-electron chi connectivity index (χ1n) is 11.0. The Morgan fingerprint density at radius 2 is 1.85 bits per heavy atom. The van der Waals surface area contributed by atoms with Crippen molar-refractivity contribution >= 4 is 10.8 Å². The molecule has 2 fully saturated rings. The fraction of sp³-hybridized carbons (Fsp3) is 0.538. The molecule has 4 aliphatic rings. The molecular weight excluding hydrogens is 312 g/mol. The number of hydrogen-bond donors (Lipinski definition) is 0. The third-order valence-electron chi connectivity index (χ3n) is 8.34. The summed E-state index contributed by atoms with van der Waals surface area (Å²) in [5.74, 6) is 2.55. The smallest absolute Gasteiger partial charge is 0.0146 e. The minimum absolute atomic E-state index is 0.597. The molecule has 0 aliphatic heterocycles. The molecule has 0 N–H and O–H groups in total. The van der Waals surface area contributed by atoms with Gasteiger partial charge in [0.1, 0.15) is 0 Å². The van der Waals surface area contributed by atoms with Crippen molar-refractivity contribution in [2.24, 2.45) is 17.3 Å². The number of aryl methyl sites for hydroxylation is 1. The summed E-state index contributed by atoms with van der Waals surface area (Å²) in [7, 11) is 0. The summed E-state index contributed by atoms with van der Waals surface area (Å²) in [5.41, 5.74) is 5.58. The molecule has 2 saturated carbocycles. The van der Waals surface area contributed by atoms with Crippen molar-refractivity contribution in [2.45, 2.75) is 70.1 Å². The fourth-order valence-corrected chi connectivity index (χ4v) is 7.00. The molecule has 4 aliphatic carbocycles. The van der Waals surface area contributed by atoms with Crippen molar-refractivity contribution in [3.63, 3.8) is 0 Å². The molecule has 26 heavy (non-hydrogen) atoms. The average molecular weight is 343 g/mol. The van der Waals surface area contributed by atoms with Gasteiger partial charge in [0, 0.05) is 0 Å². The van der Waals surface area contributed by atoms with Gasteiger partial charge in [-0.25, -0.2) is 0 Å². The first kappa shape index (κ1) is 15.5. The van der Waals surface area contributed by atoms with Crippen LogP contribution in [0, 0.1) is 17.3 Å². The van der Waals surface area contributed by atoms with Gasteiger partial charge >= 0.3 is 0 Å². The average Bonchev–Trinajstić information content (AvgIpc) is 3.28. The van der Waals surface area contributed by atoms with E-state index < -0.39 is 0 Å². The van der Waals surface area contributed by atoms with Gasteiger partial charge < -0.3 is 0 Å². The van der Waals surface area contributed by atoms with Gasteiger partial charge in [-0.2, -0.15) is 0 Å². The molecular formula is C26H30. The molecule has 2 aromatic rings. The Morgan fingerprint density at radius 1 is 0.923 bits per heavy atom. The summed E-state index contributed by atoms with van der Waals surface area (Å²) < 4.78 is 0. The normalized spacial score (nSPS) is 33.2. The van der Waals surface area contributed by atoms with Gasteiger partial charge in [-0.15, -0.1) is 0 Å². The van der Waals surface area contributed by atoms with Crippen molar-refractivity contribution in [2.75, 3.05) is 0 Å². The van der Waals surface area contributed by atoms with Crippen LogP contribution in [0.15, 0.2) is 42.5 Å². The van der Waals surface area contributed by atoms with Crippen LogP contribution in [-0.4, -0.2) is 0 Å². The van der Waals surface area contributed by atoms with Gasteiger partial charge in [0.25, 0.3) is 0 Å². The van der Waals surface area contributed by atoms with E-state index in [1.807, 2.05) is 0 Å². The van der Waals surface area contributed by atoms with Crippen LogP contribution in [0.4, 0.5) is 0 Å². The molecule has 1 spiro atoms. The van der Waals surface area contributed by atoms with E-state index in [4.69, 9.17) is 0 Å². The maximum atomic E-state index is 2.63. The second kappa shape index (κ2) is 5.72. The van der Waals surface area contributed by atoms with E-state index in [9.17, 15) is 0 Å². The third kappa shape index (κ3) is 2.27. The molecule has 0 amide bonds. The number of benzene rings is 2.